The summed E-state index contributed by atoms with van der Waals surface area (Å²) in [5.41, 5.74) is 0.759. The van der Waals surface area contributed by atoms with Crippen LogP contribution in [0.5, 0.6) is 0 Å². The monoisotopic (exact) mass is 462 g/mol. The highest BCUT2D eigenvalue weighted by molar-refractivity contribution is 7.90. The molecular weight excluding hydrogens is 444 g/mol. The zero-order valence-corrected chi connectivity index (χ0v) is 18.5. The quantitative estimate of drug-likeness (QED) is 0.530. The molecule has 3 rings (SSSR count). The number of thiazole rings is 1. The molecule has 11 heteroatoms. The number of hydrogen-bond acceptors (Lipinski definition) is 8. The summed E-state index contributed by atoms with van der Waals surface area (Å²) in [6.07, 6.45) is 1.00. The van der Waals surface area contributed by atoms with E-state index in [1.807, 2.05) is 0 Å². The summed E-state index contributed by atoms with van der Waals surface area (Å²) in [5.74, 6) is -1.88. The van der Waals surface area contributed by atoms with E-state index < -0.39 is 27.7 Å². The van der Waals surface area contributed by atoms with E-state index in [1.54, 1.807) is 12.1 Å². The molecule has 0 saturated heterocycles. The normalized spacial score (nSPS) is 12.0. The summed E-state index contributed by atoms with van der Waals surface area (Å²) < 4.78 is 35.6. The van der Waals surface area contributed by atoms with E-state index >= 15 is 0 Å². The van der Waals surface area contributed by atoms with Crippen molar-refractivity contribution >= 4 is 49.2 Å². The van der Waals surface area contributed by atoms with E-state index in [0.29, 0.717) is 15.8 Å². The number of carbonyl (C=O) groups is 3. The largest absolute Gasteiger partial charge is 0.468 e. The standard InChI is InChI=1S/C20H18N2O7S2/c1-28-17(23)11-22-14-9-8-12(19(25)29-2)10-15(14)30-20(22)21-18(24)13-6-4-5-7-16(13)31(3,26)27/h4-10H,11H2,1-3H3. The van der Waals surface area contributed by atoms with Crippen molar-refractivity contribution in [3.05, 3.63) is 58.4 Å². The van der Waals surface area contributed by atoms with Gasteiger partial charge in [-0.05, 0) is 30.3 Å². The minimum absolute atomic E-state index is 0.0812. The molecule has 0 aliphatic heterocycles. The van der Waals surface area contributed by atoms with E-state index in [0.717, 1.165) is 17.6 Å². The third-order valence-electron chi connectivity index (χ3n) is 4.33. The van der Waals surface area contributed by atoms with Gasteiger partial charge in [-0.2, -0.15) is 4.99 Å². The van der Waals surface area contributed by atoms with Crippen LogP contribution in [0.15, 0.2) is 52.4 Å². The molecule has 1 amide bonds. The molecule has 0 N–H and O–H groups in total. The highest BCUT2D eigenvalue weighted by Crippen LogP contribution is 2.21. The maximum atomic E-state index is 12.9. The molecule has 2 aromatic carbocycles. The second-order valence-corrected chi connectivity index (χ2v) is 9.40. The van der Waals surface area contributed by atoms with Crippen molar-refractivity contribution in [3.63, 3.8) is 0 Å². The number of carbonyl (C=O) groups excluding carboxylic acids is 3. The van der Waals surface area contributed by atoms with E-state index in [-0.39, 0.29) is 21.8 Å². The highest BCUT2D eigenvalue weighted by atomic mass is 32.2. The van der Waals surface area contributed by atoms with Gasteiger partial charge in [0, 0.05) is 6.26 Å². The van der Waals surface area contributed by atoms with Crippen molar-refractivity contribution in [3.8, 4) is 0 Å². The van der Waals surface area contributed by atoms with Gasteiger partial charge in [-0.15, -0.1) is 0 Å². The molecule has 9 nitrogen and oxygen atoms in total. The molecule has 1 heterocycles. The third kappa shape index (κ3) is 4.72. The average molecular weight is 463 g/mol. The topological polar surface area (TPSA) is 121 Å². The van der Waals surface area contributed by atoms with Crippen LogP contribution in [0, 0.1) is 0 Å². The van der Waals surface area contributed by atoms with Gasteiger partial charge in [0.25, 0.3) is 5.91 Å². The van der Waals surface area contributed by atoms with Crippen molar-refractivity contribution in [2.75, 3.05) is 20.5 Å². The van der Waals surface area contributed by atoms with Crippen molar-refractivity contribution in [1.29, 1.82) is 0 Å². The van der Waals surface area contributed by atoms with Gasteiger partial charge in [0.2, 0.25) is 0 Å². The van der Waals surface area contributed by atoms with E-state index in [1.165, 1.54) is 49.1 Å². The van der Waals surface area contributed by atoms with E-state index in [9.17, 15) is 22.8 Å². The first-order valence-electron chi connectivity index (χ1n) is 8.82. The number of esters is 2. The van der Waals surface area contributed by atoms with Crippen LogP contribution in [0.25, 0.3) is 10.2 Å². The number of benzene rings is 2. The number of rotatable bonds is 5. The second kappa shape index (κ2) is 8.82. The molecule has 0 unspecified atom stereocenters. The molecule has 0 spiro atoms. The Morgan fingerprint density at radius 1 is 1.06 bits per heavy atom. The fraction of sp³-hybridized carbons (Fsp3) is 0.200. The number of hydrogen-bond donors (Lipinski definition) is 0. The molecular formula is C20H18N2O7S2. The fourth-order valence-corrected chi connectivity index (χ4v) is 4.81. The lowest BCUT2D eigenvalue weighted by Gasteiger charge is -2.05. The molecule has 0 radical (unpaired) electrons. The van der Waals surface area contributed by atoms with Crippen molar-refractivity contribution in [1.82, 2.24) is 4.57 Å². The first-order chi connectivity index (χ1) is 14.7. The molecule has 0 atom stereocenters. The lowest BCUT2D eigenvalue weighted by Crippen LogP contribution is -2.22. The summed E-state index contributed by atoms with van der Waals surface area (Å²) >= 11 is 1.07. The van der Waals surface area contributed by atoms with Crippen LogP contribution < -0.4 is 4.80 Å². The average Bonchev–Trinajstić information content (AvgIpc) is 3.08. The number of sulfone groups is 1. The van der Waals surface area contributed by atoms with Gasteiger partial charge in [-0.1, -0.05) is 23.5 Å². The lowest BCUT2D eigenvalue weighted by molar-refractivity contribution is -0.141. The van der Waals surface area contributed by atoms with E-state index in [4.69, 9.17) is 9.47 Å². The Kier molecular flexibility index (Phi) is 6.37. The zero-order chi connectivity index (χ0) is 22.8. The Hall–Kier alpha value is -3.31. The summed E-state index contributed by atoms with van der Waals surface area (Å²) in [7, 11) is -1.16. The Bertz CT molecular complexity index is 1370. The first-order valence-corrected chi connectivity index (χ1v) is 11.5. The summed E-state index contributed by atoms with van der Waals surface area (Å²) in [6, 6.07) is 10.4. The van der Waals surface area contributed by atoms with Gasteiger partial charge >= 0.3 is 11.9 Å². The van der Waals surface area contributed by atoms with Gasteiger partial charge in [0.05, 0.1) is 40.5 Å². The minimum atomic E-state index is -3.66. The summed E-state index contributed by atoms with van der Waals surface area (Å²) in [6.45, 7) is -0.228. The predicted octanol–water partition coefficient (Wildman–Crippen LogP) is 1.81. The number of aromatic nitrogens is 1. The van der Waals surface area contributed by atoms with Crippen molar-refractivity contribution < 1.29 is 32.3 Å². The van der Waals surface area contributed by atoms with E-state index in [2.05, 4.69) is 4.99 Å². The highest BCUT2D eigenvalue weighted by Gasteiger charge is 2.19. The minimum Gasteiger partial charge on any atom is -0.468 e. The first kappa shape index (κ1) is 22.4. The molecule has 0 aliphatic rings. The number of methoxy groups -OCH3 is 2. The Balaban J connectivity index is 2.21. The molecule has 31 heavy (non-hydrogen) atoms. The molecule has 0 bridgehead atoms. The lowest BCUT2D eigenvalue weighted by atomic mass is 10.2. The van der Waals surface area contributed by atoms with Crippen LogP contribution in [0.3, 0.4) is 0 Å². The third-order valence-corrected chi connectivity index (χ3v) is 6.53. The SMILES string of the molecule is COC(=O)Cn1c(=NC(=O)c2ccccc2S(C)(=O)=O)sc2cc(C(=O)OC)ccc21. The molecule has 3 aromatic rings. The maximum Gasteiger partial charge on any atom is 0.337 e. The van der Waals surface area contributed by atoms with Crippen LogP contribution in [0.4, 0.5) is 0 Å². The van der Waals surface area contributed by atoms with Gasteiger partial charge in [-0.3, -0.25) is 9.59 Å². The Morgan fingerprint density at radius 2 is 1.77 bits per heavy atom. The zero-order valence-electron chi connectivity index (χ0n) is 16.8. The maximum absolute atomic E-state index is 12.9. The predicted molar refractivity (Wildman–Crippen MR) is 113 cm³/mol. The van der Waals surface area contributed by atoms with Gasteiger partial charge in [0.15, 0.2) is 14.6 Å². The smallest absolute Gasteiger partial charge is 0.337 e. The van der Waals surface area contributed by atoms with Crippen LogP contribution in [-0.2, 0) is 30.7 Å². The number of nitrogens with zero attached hydrogens (tertiary/aromatic N) is 2. The molecule has 0 saturated carbocycles. The van der Waals surface area contributed by atoms with Crippen LogP contribution >= 0.6 is 11.3 Å². The van der Waals surface area contributed by atoms with Crippen molar-refractivity contribution in [2.45, 2.75) is 11.4 Å². The van der Waals surface area contributed by atoms with Crippen LogP contribution in [-0.4, -0.2) is 51.3 Å². The van der Waals surface area contributed by atoms with Gasteiger partial charge < -0.3 is 14.0 Å². The summed E-state index contributed by atoms with van der Waals surface area (Å²) in [4.78, 5) is 40.7. The van der Waals surface area contributed by atoms with Crippen LogP contribution in [0.1, 0.15) is 20.7 Å². The Labute approximate surface area is 181 Å². The van der Waals surface area contributed by atoms with Crippen LogP contribution in [0.2, 0.25) is 0 Å². The fourth-order valence-electron chi connectivity index (χ4n) is 2.86. The van der Waals surface area contributed by atoms with Gasteiger partial charge in [-0.25, -0.2) is 13.2 Å². The van der Waals surface area contributed by atoms with Gasteiger partial charge in [0.1, 0.15) is 6.54 Å². The number of amides is 1. The van der Waals surface area contributed by atoms with Crippen molar-refractivity contribution in [2.24, 2.45) is 4.99 Å². The molecule has 0 aliphatic carbocycles. The number of ether oxygens (including phenoxy) is 2. The Morgan fingerprint density at radius 3 is 2.42 bits per heavy atom. The number of fused-ring (bicyclic) bond motifs is 1. The molecule has 0 fully saturated rings. The molecule has 162 valence electrons. The summed E-state index contributed by atoms with van der Waals surface area (Å²) in [5, 5.41) is 0. The molecule has 1 aromatic heterocycles. The second-order valence-electron chi connectivity index (χ2n) is 6.41.